The van der Waals surface area contributed by atoms with Gasteiger partial charge in [0.1, 0.15) is 11.5 Å². The van der Waals surface area contributed by atoms with E-state index in [1.807, 2.05) is 18.2 Å². The van der Waals surface area contributed by atoms with Gasteiger partial charge in [-0.2, -0.15) is 0 Å². The lowest BCUT2D eigenvalue weighted by Gasteiger charge is -2.29. The first-order valence-corrected chi connectivity index (χ1v) is 9.50. The summed E-state index contributed by atoms with van der Waals surface area (Å²) in [4.78, 5) is 26.3. The molecule has 0 spiro atoms. The summed E-state index contributed by atoms with van der Waals surface area (Å²) in [6.45, 7) is 2.45. The molecule has 1 N–H and O–H groups in total. The highest BCUT2D eigenvalue weighted by Gasteiger charge is 2.23. The van der Waals surface area contributed by atoms with Crippen molar-refractivity contribution in [3.63, 3.8) is 0 Å². The third-order valence-corrected chi connectivity index (χ3v) is 4.98. The Morgan fingerprint density at radius 3 is 2.92 bits per heavy atom. The summed E-state index contributed by atoms with van der Waals surface area (Å²) in [6, 6.07) is 7.42. The number of carbonyl (C=O) groups is 2. The van der Waals surface area contributed by atoms with Crippen LogP contribution < -0.4 is 15.0 Å². The van der Waals surface area contributed by atoms with Gasteiger partial charge in [-0.3, -0.25) is 9.59 Å². The normalized spacial score (nSPS) is 13.2. The first kappa shape index (κ1) is 18.3. The van der Waals surface area contributed by atoms with Gasteiger partial charge in [0.15, 0.2) is 5.82 Å². The van der Waals surface area contributed by atoms with E-state index < -0.39 is 0 Å². The van der Waals surface area contributed by atoms with E-state index in [0.717, 1.165) is 29.8 Å². The van der Waals surface area contributed by atoms with Gasteiger partial charge in [-0.25, -0.2) is 0 Å². The minimum Gasteiger partial charge on any atom is -0.497 e. The van der Waals surface area contributed by atoms with Crippen LogP contribution in [-0.4, -0.2) is 42.1 Å². The third-order valence-electron chi connectivity index (χ3n) is 4.06. The number of rotatable bonds is 6. The van der Waals surface area contributed by atoms with Gasteiger partial charge in [-0.15, -0.1) is 11.8 Å². The summed E-state index contributed by atoms with van der Waals surface area (Å²) in [7, 11) is 1.63. The fourth-order valence-electron chi connectivity index (χ4n) is 2.87. The number of nitrogens with zero attached hydrogens (tertiary/aromatic N) is 2. The van der Waals surface area contributed by atoms with Crippen LogP contribution >= 0.6 is 11.8 Å². The Morgan fingerprint density at radius 2 is 2.19 bits per heavy atom. The van der Waals surface area contributed by atoms with Crippen molar-refractivity contribution in [3.05, 3.63) is 35.6 Å². The number of hydrogen-bond acceptors (Lipinski definition) is 6. The predicted octanol–water partition coefficient (Wildman–Crippen LogP) is 2.64. The van der Waals surface area contributed by atoms with E-state index >= 15 is 0 Å². The summed E-state index contributed by atoms with van der Waals surface area (Å²) in [5.41, 5.74) is 2.05. The number of hydrogen-bond donors (Lipinski definition) is 1. The van der Waals surface area contributed by atoms with Crippen molar-refractivity contribution >= 4 is 35.1 Å². The molecule has 1 aromatic carbocycles. The number of thioether (sulfide) groups is 1. The number of aryl methyl sites for hydroxylation is 2. The molecular weight excluding hydrogens is 354 g/mol. The Balaban J connectivity index is 1.52. The second kappa shape index (κ2) is 8.27. The van der Waals surface area contributed by atoms with Crippen LogP contribution in [0.4, 0.5) is 11.5 Å². The third kappa shape index (κ3) is 4.37. The highest BCUT2D eigenvalue weighted by molar-refractivity contribution is 8.00. The van der Waals surface area contributed by atoms with Crippen LogP contribution in [0.15, 0.2) is 28.8 Å². The van der Waals surface area contributed by atoms with E-state index in [9.17, 15) is 9.59 Å². The van der Waals surface area contributed by atoms with Crippen molar-refractivity contribution in [2.75, 3.05) is 35.4 Å². The average Bonchev–Trinajstić information content (AvgIpc) is 3.05. The van der Waals surface area contributed by atoms with E-state index in [1.165, 1.54) is 11.8 Å². The van der Waals surface area contributed by atoms with Gasteiger partial charge in [0.25, 0.3) is 0 Å². The zero-order valence-electron chi connectivity index (χ0n) is 14.8. The molecule has 2 amide bonds. The molecule has 0 unspecified atom stereocenters. The molecule has 1 aliphatic heterocycles. The van der Waals surface area contributed by atoms with E-state index in [1.54, 1.807) is 25.0 Å². The SMILES string of the molecule is COc1ccc2c(c1)CCCN2C(=O)CSCC(=O)Nc1cc(C)on1. The molecule has 0 saturated heterocycles. The first-order chi connectivity index (χ1) is 12.6. The molecule has 26 heavy (non-hydrogen) atoms. The van der Waals surface area contributed by atoms with E-state index in [2.05, 4.69) is 10.5 Å². The maximum atomic E-state index is 12.6. The molecule has 138 valence electrons. The van der Waals surface area contributed by atoms with E-state index in [-0.39, 0.29) is 23.3 Å². The molecule has 0 atom stereocenters. The van der Waals surface area contributed by atoms with E-state index in [0.29, 0.717) is 18.1 Å². The van der Waals surface area contributed by atoms with Gasteiger partial charge in [-0.1, -0.05) is 5.16 Å². The highest BCUT2D eigenvalue weighted by atomic mass is 32.2. The van der Waals surface area contributed by atoms with Crippen LogP contribution in [0.1, 0.15) is 17.7 Å². The van der Waals surface area contributed by atoms with Crippen molar-refractivity contribution in [1.82, 2.24) is 5.16 Å². The van der Waals surface area contributed by atoms with Crippen molar-refractivity contribution < 1.29 is 18.8 Å². The first-order valence-electron chi connectivity index (χ1n) is 8.35. The average molecular weight is 375 g/mol. The molecule has 2 aromatic rings. The zero-order chi connectivity index (χ0) is 18.5. The van der Waals surface area contributed by atoms with Gasteiger partial charge < -0.3 is 19.5 Å². The fraction of sp³-hybridized carbons (Fsp3) is 0.389. The number of benzene rings is 1. The molecule has 0 radical (unpaired) electrons. The standard InChI is InChI=1S/C18H21N3O4S/c1-12-8-16(20-25-12)19-17(22)10-26-11-18(23)21-7-3-4-13-9-14(24-2)5-6-15(13)21/h5-6,8-9H,3-4,7,10-11H2,1-2H3,(H,19,20,22). The monoisotopic (exact) mass is 375 g/mol. The van der Waals surface area contributed by atoms with Crippen LogP contribution in [0.25, 0.3) is 0 Å². The number of amides is 2. The van der Waals surface area contributed by atoms with Crippen LogP contribution in [0.3, 0.4) is 0 Å². The number of carbonyl (C=O) groups excluding carboxylic acids is 2. The molecule has 0 saturated carbocycles. The largest absolute Gasteiger partial charge is 0.497 e. The molecule has 0 bridgehead atoms. The van der Waals surface area contributed by atoms with Gasteiger partial charge in [0.2, 0.25) is 11.8 Å². The quantitative estimate of drug-likeness (QED) is 0.836. The topological polar surface area (TPSA) is 84.7 Å². The van der Waals surface area contributed by atoms with Gasteiger partial charge in [-0.05, 0) is 43.5 Å². The van der Waals surface area contributed by atoms with Gasteiger partial charge in [0, 0.05) is 18.3 Å². The molecule has 8 heteroatoms. The van der Waals surface area contributed by atoms with Gasteiger partial charge in [0.05, 0.1) is 18.6 Å². The lowest BCUT2D eigenvalue weighted by molar-refractivity contribution is -0.116. The number of fused-ring (bicyclic) bond motifs is 1. The summed E-state index contributed by atoms with van der Waals surface area (Å²) in [6.07, 6.45) is 1.85. The lowest BCUT2D eigenvalue weighted by atomic mass is 10.0. The molecule has 3 rings (SSSR count). The van der Waals surface area contributed by atoms with Crippen molar-refractivity contribution in [2.45, 2.75) is 19.8 Å². The van der Waals surface area contributed by atoms with Crippen LogP contribution in [0, 0.1) is 6.92 Å². The summed E-state index contributed by atoms with van der Waals surface area (Å²) < 4.78 is 10.1. The summed E-state index contributed by atoms with van der Waals surface area (Å²) in [5, 5.41) is 6.35. The van der Waals surface area contributed by atoms with E-state index in [4.69, 9.17) is 9.26 Å². The maximum absolute atomic E-state index is 12.6. The smallest absolute Gasteiger partial charge is 0.236 e. The second-order valence-corrected chi connectivity index (χ2v) is 6.99. The molecule has 1 aromatic heterocycles. The molecule has 1 aliphatic rings. The molecule has 2 heterocycles. The zero-order valence-corrected chi connectivity index (χ0v) is 15.6. The Hall–Kier alpha value is -2.48. The van der Waals surface area contributed by atoms with Crippen molar-refractivity contribution in [2.24, 2.45) is 0 Å². The summed E-state index contributed by atoms with van der Waals surface area (Å²) in [5.74, 6) is 2.04. The Bertz CT molecular complexity index is 805. The van der Waals surface area contributed by atoms with Crippen molar-refractivity contribution in [1.29, 1.82) is 0 Å². The van der Waals surface area contributed by atoms with Crippen LogP contribution in [-0.2, 0) is 16.0 Å². The molecular formula is C18H21N3O4S. The fourth-order valence-corrected chi connectivity index (χ4v) is 3.56. The second-order valence-electron chi connectivity index (χ2n) is 6.01. The minimum atomic E-state index is -0.208. The minimum absolute atomic E-state index is 0.00574. The van der Waals surface area contributed by atoms with Gasteiger partial charge >= 0.3 is 0 Å². The van der Waals surface area contributed by atoms with Crippen molar-refractivity contribution in [3.8, 4) is 5.75 Å². The Morgan fingerprint density at radius 1 is 1.35 bits per heavy atom. The number of nitrogens with one attached hydrogen (secondary N) is 1. The van der Waals surface area contributed by atoms with Crippen LogP contribution in [0.2, 0.25) is 0 Å². The van der Waals surface area contributed by atoms with Crippen LogP contribution in [0.5, 0.6) is 5.75 Å². The number of ether oxygens (including phenoxy) is 1. The number of methoxy groups -OCH3 is 1. The predicted molar refractivity (Wildman–Crippen MR) is 101 cm³/mol. The number of aromatic nitrogens is 1. The molecule has 0 aliphatic carbocycles. The summed E-state index contributed by atoms with van der Waals surface area (Å²) >= 11 is 1.29. The lowest BCUT2D eigenvalue weighted by Crippen LogP contribution is -2.37. The maximum Gasteiger partial charge on any atom is 0.236 e. The number of anilines is 2. The Labute approximate surface area is 156 Å². The molecule has 0 fully saturated rings. The molecule has 7 nitrogen and oxygen atoms in total. The highest BCUT2D eigenvalue weighted by Crippen LogP contribution is 2.30. The Kier molecular flexibility index (Phi) is 5.82.